The van der Waals surface area contributed by atoms with Crippen LogP contribution in [0.3, 0.4) is 0 Å². The molecule has 1 aromatic heterocycles. The number of amides is 1. The van der Waals surface area contributed by atoms with Gasteiger partial charge in [0.25, 0.3) is 5.91 Å². The molecule has 5 rings (SSSR count). The van der Waals surface area contributed by atoms with Crippen LogP contribution in [0.5, 0.6) is 5.75 Å². The lowest BCUT2D eigenvalue weighted by molar-refractivity contribution is -0.137. The predicted molar refractivity (Wildman–Crippen MR) is 153 cm³/mol. The molecule has 2 heterocycles. The number of carbonyl (C=O) groups is 1. The molecule has 1 aliphatic heterocycles. The van der Waals surface area contributed by atoms with Gasteiger partial charge in [-0.2, -0.15) is 13.2 Å². The molecule has 5 nitrogen and oxygen atoms in total. The molecule has 1 saturated heterocycles. The summed E-state index contributed by atoms with van der Waals surface area (Å²) < 4.78 is 46.0. The van der Waals surface area contributed by atoms with Crippen molar-refractivity contribution in [3.05, 3.63) is 117 Å². The molecule has 1 amide bonds. The van der Waals surface area contributed by atoms with E-state index in [1.165, 1.54) is 23.5 Å². The third-order valence-corrected chi connectivity index (χ3v) is 7.84. The number of alkyl halides is 3. The first-order valence-electron chi connectivity index (χ1n) is 13.7. The highest BCUT2D eigenvalue weighted by atomic mass is 32.1. The van der Waals surface area contributed by atoms with E-state index in [0.29, 0.717) is 37.5 Å². The minimum absolute atomic E-state index is 0.0530. The van der Waals surface area contributed by atoms with Gasteiger partial charge in [0, 0.05) is 31.6 Å². The number of thiazole rings is 1. The lowest BCUT2D eigenvalue weighted by Crippen LogP contribution is -2.35. The standard InChI is InChI=1S/C32H32F3N3O2S/c33-32(34,35)27-11-7-10-26(18-27)20-37(21-30-36-29(23-41-30)31(39)38-16-5-2-6-17-38)19-24-12-14-28(15-13-24)40-22-25-8-3-1-4-9-25/h1,3-4,7-15,18,23H,2,5-6,16-17,19-22H2. The molecule has 0 bridgehead atoms. The van der Waals surface area contributed by atoms with E-state index in [1.54, 1.807) is 11.4 Å². The second kappa shape index (κ2) is 13.3. The van der Waals surface area contributed by atoms with Crippen molar-refractivity contribution in [2.45, 2.75) is 51.7 Å². The minimum Gasteiger partial charge on any atom is -0.489 e. The summed E-state index contributed by atoms with van der Waals surface area (Å²) in [6.45, 7) is 3.15. The van der Waals surface area contributed by atoms with Crippen LogP contribution in [0.1, 0.15) is 57.0 Å². The summed E-state index contributed by atoms with van der Waals surface area (Å²) in [5.74, 6) is 0.686. The van der Waals surface area contributed by atoms with E-state index in [-0.39, 0.29) is 5.91 Å². The van der Waals surface area contributed by atoms with Crippen molar-refractivity contribution in [2.75, 3.05) is 13.1 Å². The molecule has 9 heteroatoms. The molecule has 0 radical (unpaired) electrons. The summed E-state index contributed by atoms with van der Waals surface area (Å²) in [7, 11) is 0. The van der Waals surface area contributed by atoms with Gasteiger partial charge in [0.15, 0.2) is 0 Å². The van der Waals surface area contributed by atoms with E-state index in [1.807, 2.05) is 64.4 Å². The van der Waals surface area contributed by atoms with E-state index < -0.39 is 11.7 Å². The number of carbonyl (C=O) groups excluding carboxylic acids is 1. The highest BCUT2D eigenvalue weighted by Gasteiger charge is 2.30. The lowest BCUT2D eigenvalue weighted by Gasteiger charge is -2.25. The Morgan fingerprint density at radius 1 is 0.854 bits per heavy atom. The van der Waals surface area contributed by atoms with Crippen LogP contribution in [-0.4, -0.2) is 33.8 Å². The van der Waals surface area contributed by atoms with E-state index in [9.17, 15) is 18.0 Å². The fourth-order valence-electron chi connectivity index (χ4n) is 4.89. The van der Waals surface area contributed by atoms with E-state index >= 15 is 0 Å². The largest absolute Gasteiger partial charge is 0.489 e. The molecule has 0 saturated carbocycles. The fourth-order valence-corrected chi connectivity index (χ4v) is 5.70. The Morgan fingerprint density at radius 2 is 1.56 bits per heavy atom. The second-order valence-electron chi connectivity index (χ2n) is 10.2. The normalized spacial score (nSPS) is 13.9. The monoisotopic (exact) mass is 579 g/mol. The first-order chi connectivity index (χ1) is 19.8. The van der Waals surface area contributed by atoms with Crippen LogP contribution in [0.4, 0.5) is 13.2 Å². The topological polar surface area (TPSA) is 45.7 Å². The van der Waals surface area contributed by atoms with Crippen LogP contribution in [0.2, 0.25) is 0 Å². The molecule has 4 aromatic rings. The molecular weight excluding hydrogens is 547 g/mol. The Hall–Kier alpha value is -3.69. The molecule has 0 N–H and O–H groups in total. The van der Waals surface area contributed by atoms with Crippen molar-refractivity contribution in [1.29, 1.82) is 0 Å². The number of hydrogen-bond acceptors (Lipinski definition) is 5. The molecule has 0 aliphatic carbocycles. The molecule has 0 spiro atoms. The van der Waals surface area contributed by atoms with Gasteiger partial charge < -0.3 is 9.64 Å². The van der Waals surface area contributed by atoms with Gasteiger partial charge in [-0.05, 0) is 54.2 Å². The van der Waals surface area contributed by atoms with Crippen molar-refractivity contribution >= 4 is 17.2 Å². The zero-order valence-electron chi connectivity index (χ0n) is 22.6. The Morgan fingerprint density at radius 3 is 2.29 bits per heavy atom. The minimum atomic E-state index is -4.41. The van der Waals surface area contributed by atoms with Gasteiger partial charge in [0.2, 0.25) is 0 Å². The summed E-state index contributed by atoms with van der Waals surface area (Å²) in [5.41, 5.74) is 2.39. The van der Waals surface area contributed by atoms with Crippen LogP contribution in [0.25, 0.3) is 0 Å². The van der Waals surface area contributed by atoms with Gasteiger partial charge >= 0.3 is 6.18 Å². The van der Waals surface area contributed by atoms with Gasteiger partial charge in [-0.3, -0.25) is 9.69 Å². The molecule has 1 fully saturated rings. The number of hydrogen-bond donors (Lipinski definition) is 0. The van der Waals surface area contributed by atoms with Gasteiger partial charge in [-0.25, -0.2) is 4.98 Å². The van der Waals surface area contributed by atoms with Crippen LogP contribution in [0, 0.1) is 0 Å². The Bertz CT molecular complexity index is 1420. The highest BCUT2D eigenvalue weighted by molar-refractivity contribution is 7.09. The van der Waals surface area contributed by atoms with Crippen LogP contribution in [-0.2, 0) is 32.4 Å². The van der Waals surface area contributed by atoms with Crippen molar-refractivity contribution in [3.63, 3.8) is 0 Å². The smallest absolute Gasteiger partial charge is 0.416 e. The predicted octanol–water partition coefficient (Wildman–Crippen LogP) is 7.57. The Balaban J connectivity index is 1.29. The van der Waals surface area contributed by atoms with E-state index in [4.69, 9.17) is 4.74 Å². The zero-order chi connectivity index (χ0) is 28.7. The molecule has 214 valence electrons. The van der Waals surface area contributed by atoms with Crippen LogP contribution < -0.4 is 4.74 Å². The zero-order valence-corrected chi connectivity index (χ0v) is 23.5. The van der Waals surface area contributed by atoms with E-state index in [0.717, 1.165) is 60.3 Å². The molecule has 1 aliphatic rings. The second-order valence-corrected chi connectivity index (χ2v) is 11.2. The Labute approximate surface area is 242 Å². The van der Waals surface area contributed by atoms with Crippen LogP contribution >= 0.6 is 11.3 Å². The van der Waals surface area contributed by atoms with E-state index in [2.05, 4.69) is 4.98 Å². The first kappa shape index (κ1) is 28.8. The van der Waals surface area contributed by atoms with Crippen molar-refractivity contribution in [2.24, 2.45) is 0 Å². The summed E-state index contributed by atoms with van der Waals surface area (Å²) >= 11 is 1.41. The number of benzene rings is 3. The van der Waals surface area contributed by atoms with Gasteiger partial charge in [-0.1, -0.05) is 60.7 Å². The number of likely N-dealkylation sites (tertiary alicyclic amines) is 1. The fraction of sp³-hybridized carbons (Fsp3) is 0.312. The maximum Gasteiger partial charge on any atom is 0.416 e. The molecule has 41 heavy (non-hydrogen) atoms. The average Bonchev–Trinajstić information content (AvgIpc) is 3.45. The average molecular weight is 580 g/mol. The van der Waals surface area contributed by atoms with Gasteiger partial charge in [0.1, 0.15) is 23.1 Å². The highest BCUT2D eigenvalue weighted by Crippen LogP contribution is 2.30. The Kier molecular flexibility index (Phi) is 9.36. The third-order valence-electron chi connectivity index (χ3n) is 7.01. The maximum absolute atomic E-state index is 13.4. The lowest BCUT2D eigenvalue weighted by atomic mass is 10.1. The van der Waals surface area contributed by atoms with Crippen molar-refractivity contribution in [1.82, 2.24) is 14.8 Å². The third kappa shape index (κ3) is 8.17. The number of nitrogens with zero attached hydrogens (tertiary/aromatic N) is 3. The number of halogens is 3. The molecular formula is C32H32F3N3O2S. The molecule has 3 aromatic carbocycles. The summed E-state index contributed by atoms with van der Waals surface area (Å²) in [6.07, 6.45) is -1.26. The molecule has 0 atom stereocenters. The SMILES string of the molecule is O=C(c1csc(CN(Cc2ccc(OCc3ccccc3)cc2)Cc2cccc(C(F)(F)F)c2)n1)N1CCCCC1. The number of piperidine rings is 1. The molecule has 0 unspecified atom stereocenters. The summed E-state index contributed by atoms with van der Waals surface area (Å²) in [6, 6.07) is 23.1. The van der Waals surface area contributed by atoms with Crippen molar-refractivity contribution < 1.29 is 22.7 Å². The first-order valence-corrected chi connectivity index (χ1v) is 14.6. The number of aromatic nitrogens is 1. The number of rotatable bonds is 10. The maximum atomic E-state index is 13.4. The summed E-state index contributed by atoms with van der Waals surface area (Å²) in [5, 5.41) is 2.54. The van der Waals surface area contributed by atoms with Gasteiger partial charge in [-0.15, -0.1) is 11.3 Å². The van der Waals surface area contributed by atoms with Crippen molar-refractivity contribution in [3.8, 4) is 5.75 Å². The van der Waals surface area contributed by atoms with Crippen LogP contribution in [0.15, 0.2) is 84.2 Å². The quantitative estimate of drug-likeness (QED) is 0.194. The van der Waals surface area contributed by atoms with Gasteiger partial charge in [0.05, 0.1) is 12.1 Å². The number of ether oxygens (including phenoxy) is 1. The summed E-state index contributed by atoms with van der Waals surface area (Å²) in [4.78, 5) is 21.4.